The number of piperidine rings is 1. The quantitative estimate of drug-likeness (QED) is 0.388. The zero-order chi connectivity index (χ0) is 29.6. The number of rotatable bonds is 10. The van der Waals surface area contributed by atoms with E-state index < -0.39 is 17.7 Å². The van der Waals surface area contributed by atoms with E-state index in [2.05, 4.69) is 34.2 Å². The van der Waals surface area contributed by atoms with Crippen molar-refractivity contribution in [2.45, 2.75) is 96.9 Å². The SMILES string of the molecule is CC(C)c1noc(N2CCC(CCCOc3ccc([C@H](NC(=O)OC(C)(C)C)C(=O)N4CCC[C@H]4N)cc3)CC2)n1. The van der Waals surface area contributed by atoms with Crippen LogP contribution in [0.2, 0.25) is 0 Å². The molecule has 3 N–H and O–H groups in total. The Balaban J connectivity index is 1.25. The van der Waals surface area contributed by atoms with Gasteiger partial charge in [-0.3, -0.25) is 4.79 Å². The van der Waals surface area contributed by atoms with Crippen LogP contribution in [0.4, 0.5) is 10.8 Å². The van der Waals surface area contributed by atoms with Gasteiger partial charge in [-0.05, 0) is 82.9 Å². The molecule has 1 aromatic carbocycles. The summed E-state index contributed by atoms with van der Waals surface area (Å²) in [5, 5.41) is 6.83. The fourth-order valence-corrected chi connectivity index (χ4v) is 5.27. The maximum Gasteiger partial charge on any atom is 0.408 e. The molecule has 0 bridgehead atoms. The number of aromatic nitrogens is 2. The van der Waals surface area contributed by atoms with Gasteiger partial charge in [-0.1, -0.05) is 31.1 Å². The Morgan fingerprint density at radius 2 is 1.83 bits per heavy atom. The lowest BCUT2D eigenvalue weighted by atomic mass is 9.92. The van der Waals surface area contributed by atoms with Crippen LogP contribution < -0.4 is 20.7 Å². The number of carbonyl (C=O) groups excluding carboxylic acids is 2. The summed E-state index contributed by atoms with van der Waals surface area (Å²) in [4.78, 5) is 34.2. The van der Waals surface area contributed by atoms with Crippen molar-refractivity contribution < 1.29 is 23.6 Å². The molecular weight excluding hydrogens is 524 g/mol. The minimum Gasteiger partial charge on any atom is -0.494 e. The number of carbonyl (C=O) groups is 2. The second-order valence-corrected chi connectivity index (χ2v) is 12.4. The summed E-state index contributed by atoms with van der Waals surface area (Å²) in [6.45, 7) is 12.5. The zero-order valence-electron chi connectivity index (χ0n) is 25.1. The van der Waals surface area contributed by atoms with Gasteiger partial charge in [0.15, 0.2) is 5.82 Å². The predicted molar refractivity (Wildman–Crippen MR) is 156 cm³/mol. The first-order valence-electron chi connectivity index (χ1n) is 14.9. The van der Waals surface area contributed by atoms with Crippen LogP contribution in [-0.4, -0.2) is 65.0 Å². The van der Waals surface area contributed by atoms with E-state index in [0.29, 0.717) is 30.6 Å². The average molecular weight is 571 g/mol. The van der Waals surface area contributed by atoms with Crippen LogP contribution >= 0.6 is 0 Å². The Morgan fingerprint density at radius 3 is 2.41 bits per heavy atom. The molecule has 226 valence electrons. The lowest BCUT2D eigenvalue weighted by Crippen LogP contribution is -2.48. The minimum atomic E-state index is -0.891. The molecule has 2 amide bonds. The molecule has 0 saturated carbocycles. The van der Waals surface area contributed by atoms with Crippen LogP contribution in [0.5, 0.6) is 5.75 Å². The summed E-state index contributed by atoms with van der Waals surface area (Å²) in [6.07, 6.45) is 4.83. The van der Waals surface area contributed by atoms with Crippen molar-refractivity contribution >= 4 is 18.0 Å². The van der Waals surface area contributed by atoms with E-state index >= 15 is 0 Å². The Hall–Kier alpha value is -3.34. The highest BCUT2D eigenvalue weighted by Gasteiger charge is 2.34. The lowest BCUT2D eigenvalue weighted by Gasteiger charge is -2.30. The van der Waals surface area contributed by atoms with Crippen molar-refractivity contribution in [3.05, 3.63) is 35.7 Å². The van der Waals surface area contributed by atoms with Gasteiger partial charge in [0.2, 0.25) is 0 Å². The molecule has 2 fully saturated rings. The van der Waals surface area contributed by atoms with E-state index in [0.717, 1.165) is 63.2 Å². The molecule has 11 heteroatoms. The highest BCUT2D eigenvalue weighted by Crippen LogP contribution is 2.27. The van der Waals surface area contributed by atoms with Crippen LogP contribution in [0.3, 0.4) is 0 Å². The number of anilines is 1. The van der Waals surface area contributed by atoms with Gasteiger partial charge in [0.25, 0.3) is 5.91 Å². The molecule has 2 atom stereocenters. The summed E-state index contributed by atoms with van der Waals surface area (Å²) in [6, 6.07) is 7.05. The van der Waals surface area contributed by atoms with E-state index in [4.69, 9.17) is 19.7 Å². The molecule has 1 aromatic heterocycles. The second-order valence-electron chi connectivity index (χ2n) is 12.4. The first-order valence-corrected chi connectivity index (χ1v) is 14.9. The smallest absolute Gasteiger partial charge is 0.408 e. The first kappa shape index (κ1) is 30.6. The largest absolute Gasteiger partial charge is 0.494 e. The molecule has 41 heavy (non-hydrogen) atoms. The lowest BCUT2D eigenvalue weighted by molar-refractivity contribution is -0.134. The van der Waals surface area contributed by atoms with Crippen LogP contribution in [0, 0.1) is 5.92 Å². The average Bonchev–Trinajstić information content (AvgIpc) is 3.59. The van der Waals surface area contributed by atoms with Crippen molar-refractivity contribution in [3.63, 3.8) is 0 Å². The number of nitrogens with zero attached hydrogens (tertiary/aromatic N) is 4. The molecule has 2 aromatic rings. The molecule has 11 nitrogen and oxygen atoms in total. The normalized spacial score (nSPS) is 19.0. The van der Waals surface area contributed by atoms with Crippen LogP contribution in [0.15, 0.2) is 28.8 Å². The minimum absolute atomic E-state index is 0.236. The molecule has 2 aliphatic rings. The number of alkyl carbamates (subject to hydrolysis) is 1. The Morgan fingerprint density at radius 1 is 1.12 bits per heavy atom. The highest BCUT2D eigenvalue weighted by atomic mass is 16.6. The van der Waals surface area contributed by atoms with Crippen LogP contribution in [0.1, 0.15) is 96.5 Å². The molecule has 4 rings (SSSR count). The number of benzene rings is 1. The summed E-state index contributed by atoms with van der Waals surface area (Å²) in [5.74, 6) is 2.15. The van der Waals surface area contributed by atoms with Crippen molar-refractivity contribution in [1.82, 2.24) is 20.4 Å². The third kappa shape index (κ3) is 8.58. The molecule has 2 aliphatic heterocycles. The zero-order valence-corrected chi connectivity index (χ0v) is 25.1. The van der Waals surface area contributed by atoms with Gasteiger partial charge in [0.1, 0.15) is 17.4 Å². The number of ether oxygens (including phenoxy) is 2. The topological polar surface area (TPSA) is 136 Å². The van der Waals surface area contributed by atoms with E-state index in [1.807, 2.05) is 24.3 Å². The van der Waals surface area contributed by atoms with E-state index in [-0.39, 0.29) is 18.0 Å². The molecule has 0 aliphatic carbocycles. The maximum atomic E-state index is 13.4. The number of likely N-dealkylation sites (tertiary alicyclic amines) is 1. The molecule has 0 spiro atoms. The van der Waals surface area contributed by atoms with Gasteiger partial charge in [-0.25, -0.2) is 4.79 Å². The summed E-state index contributed by atoms with van der Waals surface area (Å²) >= 11 is 0. The van der Waals surface area contributed by atoms with Crippen molar-refractivity contribution in [2.75, 3.05) is 31.1 Å². The van der Waals surface area contributed by atoms with Crippen molar-refractivity contribution in [1.29, 1.82) is 0 Å². The van der Waals surface area contributed by atoms with Gasteiger partial charge in [0.05, 0.1) is 12.8 Å². The maximum absolute atomic E-state index is 13.4. The van der Waals surface area contributed by atoms with Crippen LogP contribution in [-0.2, 0) is 9.53 Å². The third-order valence-corrected chi connectivity index (χ3v) is 7.56. The molecule has 3 heterocycles. The van der Waals surface area contributed by atoms with Gasteiger partial charge in [0, 0.05) is 25.6 Å². The fourth-order valence-electron chi connectivity index (χ4n) is 5.27. The van der Waals surface area contributed by atoms with E-state index in [1.165, 1.54) is 0 Å². The van der Waals surface area contributed by atoms with E-state index in [1.54, 1.807) is 25.7 Å². The Kier molecular flexibility index (Phi) is 10.1. The van der Waals surface area contributed by atoms with Crippen molar-refractivity contribution in [2.24, 2.45) is 11.7 Å². The number of nitrogens with one attached hydrogen (secondary N) is 1. The van der Waals surface area contributed by atoms with Gasteiger partial charge in [-0.15, -0.1) is 0 Å². The van der Waals surface area contributed by atoms with E-state index in [9.17, 15) is 9.59 Å². The van der Waals surface area contributed by atoms with Gasteiger partial charge >= 0.3 is 12.1 Å². The van der Waals surface area contributed by atoms with Crippen LogP contribution in [0.25, 0.3) is 0 Å². The Labute approximate surface area is 243 Å². The highest BCUT2D eigenvalue weighted by molar-refractivity contribution is 5.87. The molecule has 2 saturated heterocycles. The third-order valence-electron chi connectivity index (χ3n) is 7.56. The monoisotopic (exact) mass is 570 g/mol. The number of hydrogen-bond acceptors (Lipinski definition) is 9. The first-order chi connectivity index (χ1) is 19.5. The number of hydrogen-bond donors (Lipinski definition) is 2. The number of nitrogens with two attached hydrogens (primary N) is 1. The van der Waals surface area contributed by atoms with Gasteiger partial charge in [-0.2, -0.15) is 4.98 Å². The number of amides is 2. The van der Waals surface area contributed by atoms with Gasteiger partial charge < -0.3 is 34.8 Å². The summed E-state index contributed by atoms with van der Waals surface area (Å²) in [7, 11) is 0. The Bertz CT molecular complexity index is 1140. The fraction of sp³-hybridized carbons (Fsp3) is 0.667. The molecule has 0 radical (unpaired) electrons. The molecular formula is C30H46N6O5. The predicted octanol–water partition coefficient (Wildman–Crippen LogP) is 4.74. The summed E-state index contributed by atoms with van der Waals surface area (Å²) < 4.78 is 16.9. The molecule has 0 unspecified atom stereocenters. The van der Waals surface area contributed by atoms with Crippen molar-refractivity contribution in [3.8, 4) is 5.75 Å². The second kappa shape index (κ2) is 13.5. The summed E-state index contributed by atoms with van der Waals surface area (Å²) in [5.41, 5.74) is 6.12. The standard InChI is InChI=1S/C30H46N6O5/c1-20(2)26-33-28(41-34-26)35-17-14-21(15-18-35)8-7-19-39-23-12-10-22(11-13-23)25(32-29(38)40-30(3,4)5)27(37)36-16-6-9-24(36)31/h10-13,20-21,24-25H,6-9,14-19,31H2,1-5H3,(H,32,38)/t24-,25-/m0/s1.